The Morgan fingerprint density at radius 1 is 1.47 bits per heavy atom. The highest BCUT2D eigenvalue weighted by molar-refractivity contribution is 4.94. The Balaban J connectivity index is 2.92. The van der Waals surface area contributed by atoms with E-state index < -0.39 is 6.23 Å². The second kappa shape index (κ2) is 4.04. The van der Waals surface area contributed by atoms with Crippen molar-refractivity contribution in [2.75, 3.05) is 6.61 Å². The Morgan fingerprint density at radius 3 is 2.40 bits per heavy atom. The number of hydrogen-bond donors (Lipinski definition) is 1. The van der Waals surface area contributed by atoms with Gasteiger partial charge < -0.3 is 9.84 Å². The molecule has 1 N–H and O–H groups in total. The van der Waals surface area contributed by atoms with E-state index in [0.717, 1.165) is 6.42 Å². The summed E-state index contributed by atoms with van der Waals surface area (Å²) in [5.41, 5.74) is -0.225. The van der Waals surface area contributed by atoms with Gasteiger partial charge in [-0.15, -0.1) is 0 Å². The molecule has 3 heteroatoms. The maximum atomic E-state index is 10.1. The highest BCUT2D eigenvalue weighted by atomic mass is 16.5. The first-order valence-corrected chi connectivity index (χ1v) is 5.80. The highest BCUT2D eigenvalue weighted by Crippen LogP contribution is 2.38. The molecule has 15 heavy (non-hydrogen) atoms. The molecule has 0 aromatic rings. The van der Waals surface area contributed by atoms with Crippen LogP contribution in [0.2, 0.25) is 0 Å². The Hall–Kier alpha value is -0.120. The van der Waals surface area contributed by atoms with Crippen molar-refractivity contribution in [3.63, 3.8) is 0 Å². The molecular weight excluding hydrogens is 190 g/mol. The standard InChI is InChI=1S/C12H25NO2/c1-7-10(14)13-9(11(2,3)4)8-15-12(13,5)6/h9-10,14H,7-8H2,1-6H3/t9-,10?/m0/s1. The Bertz CT molecular complexity index is 220. The van der Waals surface area contributed by atoms with Crippen LogP contribution in [0, 0.1) is 5.41 Å². The molecule has 1 heterocycles. The molecular formula is C12H25NO2. The van der Waals surface area contributed by atoms with Crippen LogP contribution in [0.25, 0.3) is 0 Å². The lowest BCUT2D eigenvalue weighted by molar-refractivity contribution is -0.137. The van der Waals surface area contributed by atoms with E-state index in [1.165, 1.54) is 0 Å². The van der Waals surface area contributed by atoms with Crippen LogP contribution in [0.3, 0.4) is 0 Å². The molecule has 0 radical (unpaired) electrons. The molecule has 1 saturated heterocycles. The van der Waals surface area contributed by atoms with Crippen molar-refractivity contribution in [2.24, 2.45) is 5.41 Å². The van der Waals surface area contributed by atoms with Crippen molar-refractivity contribution in [3.05, 3.63) is 0 Å². The molecule has 1 aliphatic heterocycles. The van der Waals surface area contributed by atoms with Crippen molar-refractivity contribution in [1.82, 2.24) is 4.90 Å². The highest BCUT2D eigenvalue weighted by Gasteiger charge is 2.47. The van der Waals surface area contributed by atoms with Gasteiger partial charge in [-0.05, 0) is 25.7 Å². The molecule has 0 spiro atoms. The average Bonchev–Trinajstić information content (AvgIpc) is 2.39. The molecule has 0 aliphatic carbocycles. The molecule has 1 aliphatic rings. The van der Waals surface area contributed by atoms with Crippen molar-refractivity contribution in [2.45, 2.75) is 66.0 Å². The fraction of sp³-hybridized carbons (Fsp3) is 1.00. The maximum Gasteiger partial charge on any atom is 0.118 e. The fourth-order valence-electron chi connectivity index (χ4n) is 2.24. The summed E-state index contributed by atoms with van der Waals surface area (Å²) in [6, 6.07) is 0.280. The second-order valence-electron chi connectivity index (χ2n) is 5.94. The van der Waals surface area contributed by atoms with Crippen LogP contribution in [0.15, 0.2) is 0 Å². The average molecular weight is 215 g/mol. The van der Waals surface area contributed by atoms with Gasteiger partial charge in [0.15, 0.2) is 0 Å². The summed E-state index contributed by atoms with van der Waals surface area (Å²) in [5.74, 6) is 0. The van der Waals surface area contributed by atoms with Crippen LogP contribution in [-0.4, -0.2) is 34.6 Å². The van der Waals surface area contributed by atoms with Gasteiger partial charge in [-0.25, -0.2) is 4.90 Å². The van der Waals surface area contributed by atoms with Gasteiger partial charge in [-0.1, -0.05) is 27.7 Å². The molecule has 1 unspecified atom stereocenters. The van der Waals surface area contributed by atoms with Crippen molar-refractivity contribution in [3.8, 4) is 0 Å². The summed E-state index contributed by atoms with van der Waals surface area (Å²) in [7, 11) is 0. The summed E-state index contributed by atoms with van der Waals surface area (Å²) in [5, 5.41) is 10.1. The molecule has 1 rings (SSSR count). The van der Waals surface area contributed by atoms with Gasteiger partial charge in [-0.3, -0.25) is 0 Å². The molecule has 3 nitrogen and oxygen atoms in total. The molecule has 1 fully saturated rings. The summed E-state index contributed by atoms with van der Waals surface area (Å²) in [6.07, 6.45) is 0.325. The van der Waals surface area contributed by atoms with Gasteiger partial charge in [0.05, 0.1) is 6.61 Å². The van der Waals surface area contributed by atoms with Gasteiger partial charge in [0.1, 0.15) is 12.0 Å². The smallest absolute Gasteiger partial charge is 0.118 e. The number of aliphatic hydroxyl groups is 1. The number of hydrogen-bond acceptors (Lipinski definition) is 3. The normalized spacial score (nSPS) is 29.4. The van der Waals surface area contributed by atoms with E-state index in [-0.39, 0.29) is 17.2 Å². The predicted molar refractivity (Wildman–Crippen MR) is 61.4 cm³/mol. The second-order valence-corrected chi connectivity index (χ2v) is 5.94. The lowest BCUT2D eigenvalue weighted by atomic mass is 9.86. The Kier molecular flexibility index (Phi) is 3.49. The summed E-state index contributed by atoms with van der Waals surface area (Å²) < 4.78 is 5.78. The van der Waals surface area contributed by atoms with Crippen LogP contribution in [0.1, 0.15) is 48.0 Å². The Morgan fingerprint density at radius 2 is 2.00 bits per heavy atom. The van der Waals surface area contributed by atoms with E-state index in [1.807, 2.05) is 20.8 Å². The molecule has 2 atom stereocenters. The monoisotopic (exact) mass is 215 g/mol. The topological polar surface area (TPSA) is 32.7 Å². The molecule has 0 aromatic heterocycles. The molecule has 0 aromatic carbocycles. The van der Waals surface area contributed by atoms with E-state index in [4.69, 9.17) is 4.74 Å². The predicted octanol–water partition coefficient (Wildman–Crippen LogP) is 2.20. The third-order valence-electron chi connectivity index (χ3n) is 3.24. The Labute approximate surface area is 93.4 Å². The number of ether oxygens (including phenoxy) is 1. The maximum absolute atomic E-state index is 10.1. The number of aliphatic hydroxyl groups excluding tert-OH is 1. The lowest BCUT2D eigenvalue weighted by Gasteiger charge is -2.41. The minimum atomic E-state index is -0.410. The van der Waals surface area contributed by atoms with E-state index in [1.54, 1.807) is 0 Å². The van der Waals surface area contributed by atoms with Crippen molar-refractivity contribution >= 4 is 0 Å². The molecule has 0 amide bonds. The lowest BCUT2D eigenvalue weighted by Crippen LogP contribution is -2.53. The van der Waals surface area contributed by atoms with Gasteiger partial charge in [-0.2, -0.15) is 0 Å². The zero-order valence-electron chi connectivity index (χ0n) is 10.9. The SMILES string of the molecule is CCC(O)N1[C@H](C(C)(C)C)COC1(C)C. The minimum absolute atomic E-state index is 0.129. The third-order valence-corrected chi connectivity index (χ3v) is 3.24. The van der Waals surface area contributed by atoms with Gasteiger partial charge in [0, 0.05) is 6.04 Å². The first-order valence-electron chi connectivity index (χ1n) is 5.80. The number of rotatable bonds is 2. The number of nitrogens with zero attached hydrogens (tertiary/aromatic N) is 1. The largest absolute Gasteiger partial charge is 0.378 e. The van der Waals surface area contributed by atoms with E-state index in [2.05, 4.69) is 25.7 Å². The van der Waals surface area contributed by atoms with Crippen molar-refractivity contribution < 1.29 is 9.84 Å². The molecule has 0 saturated carbocycles. The van der Waals surface area contributed by atoms with E-state index >= 15 is 0 Å². The van der Waals surface area contributed by atoms with Crippen LogP contribution < -0.4 is 0 Å². The zero-order valence-corrected chi connectivity index (χ0v) is 10.9. The van der Waals surface area contributed by atoms with Gasteiger partial charge in [0.2, 0.25) is 0 Å². The minimum Gasteiger partial charge on any atom is -0.378 e. The summed E-state index contributed by atoms with van der Waals surface area (Å²) in [6.45, 7) is 13.3. The zero-order chi connectivity index (χ0) is 11.9. The fourth-order valence-corrected chi connectivity index (χ4v) is 2.24. The van der Waals surface area contributed by atoms with E-state index in [9.17, 15) is 5.11 Å². The summed E-state index contributed by atoms with van der Waals surface area (Å²) >= 11 is 0. The van der Waals surface area contributed by atoms with Crippen LogP contribution in [0.4, 0.5) is 0 Å². The quantitative estimate of drug-likeness (QED) is 0.766. The molecule has 0 bridgehead atoms. The third kappa shape index (κ3) is 2.52. The summed E-state index contributed by atoms with van der Waals surface area (Å²) in [4.78, 5) is 2.10. The first-order chi connectivity index (χ1) is 6.70. The first kappa shape index (κ1) is 12.9. The van der Waals surface area contributed by atoms with Crippen molar-refractivity contribution in [1.29, 1.82) is 0 Å². The van der Waals surface area contributed by atoms with Crippen LogP contribution in [-0.2, 0) is 4.74 Å². The van der Waals surface area contributed by atoms with E-state index in [0.29, 0.717) is 6.61 Å². The van der Waals surface area contributed by atoms with Gasteiger partial charge in [0.25, 0.3) is 0 Å². The van der Waals surface area contributed by atoms with Crippen LogP contribution >= 0.6 is 0 Å². The molecule has 90 valence electrons. The van der Waals surface area contributed by atoms with Crippen LogP contribution in [0.5, 0.6) is 0 Å². The van der Waals surface area contributed by atoms with Gasteiger partial charge >= 0.3 is 0 Å².